The first-order valence-corrected chi connectivity index (χ1v) is 10.1. The summed E-state index contributed by atoms with van der Waals surface area (Å²) in [4.78, 5) is 31.1. The molecule has 152 valence electrons. The van der Waals surface area contributed by atoms with E-state index in [-0.39, 0.29) is 30.3 Å². The van der Waals surface area contributed by atoms with Crippen LogP contribution < -0.4 is 10.1 Å². The van der Waals surface area contributed by atoms with Crippen molar-refractivity contribution in [3.63, 3.8) is 0 Å². The molecule has 1 fully saturated rings. The van der Waals surface area contributed by atoms with Crippen LogP contribution in [0, 0.1) is 5.92 Å². The van der Waals surface area contributed by atoms with Gasteiger partial charge in [-0.15, -0.1) is 0 Å². The Labute approximate surface area is 178 Å². The highest BCUT2D eigenvalue weighted by molar-refractivity contribution is 6.30. The second-order valence-electron chi connectivity index (χ2n) is 7.42. The number of nitrogens with zero attached hydrogens (tertiary/aromatic N) is 1. The van der Waals surface area contributed by atoms with Gasteiger partial charge in [0.15, 0.2) is 0 Å². The van der Waals surface area contributed by atoms with Gasteiger partial charge in [-0.25, -0.2) is 5.06 Å². The van der Waals surface area contributed by atoms with E-state index in [1.165, 1.54) is 5.06 Å². The molecule has 0 bridgehead atoms. The predicted molar refractivity (Wildman–Crippen MR) is 112 cm³/mol. The van der Waals surface area contributed by atoms with Crippen molar-refractivity contribution in [1.29, 1.82) is 0 Å². The Morgan fingerprint density at radius 3 is 2.67 bits per heavy atom. The zero-order valence-electron chi connectivity index (χ0n) is 16.0. The molecule has 2 amide bonds. The third-order valence-corrected chi connectivity index (χ3v) is 5.81. The van der Waals surface area contributed by atoms with Gasteiger partial charge < -0.3 is 10.1 Å². The summed E-state index contributed by atoms with van der Waals surface area (Å²) in [6.07, 6.45) is 0. The number of hydroxylamine groups is 2. The number of nitrogens with one attached hydrogen (secondary N) is 1. The summed E-state index contributed by atoms with van der Waals surface area (Å²) in [6.45, 7) is 0.715. The molecule has 0 aliphatic carbocycles. The summed E-state index contributed by atoms with van der Waals surface area (Å²) in [5.41, 5.74) is 1.40. The molecule has 2 aliphatic rings. The lowest BCUT2D eigenvalue weighted by molar-refractivity contribution is -0.175. The van der Waals surface area contributed by atoms with Crippen molar-refractivity contribution in [1.82, 2.24) is 10.4 Å². The highest BCUT2D eigenvalue weighted by Gasteiger charge is 2.44. The summed E-state index contributed by atoms with van der Waals surface area (Å²) in [5.74, 6) is 0.168. The molecular formula is C23H19ClN2O4. The lowest BCUT2D eigenvalue weighted by Crippen LogP contribution is -2.41. The molecule has 30 heavy (non-hydrogen) atoms. The topological polar surface area (TPSA) is 67.9 Å². The van der Waals surface area contributed by atoms with E-state index in [1.807, 2.05) is 36.4 Å². The second kappa shape index (κ2) is 7.63. The van der Waals surface area contributed by atoms with Crippen LogP contribution in [0.25, 0.3) is 10.8 Å². The number of ether oxygens (including phenoxy) is 1. The fourth-order valence-electron chi connectivity index (χ4n) is 4.10. The number of rotatable bonds is 3. The number of amides is 2. The van der Waals surface area contributed by atoms with Gasteiger partial charge in [0, 0.05) is 22.1 Å². The van der Waals surface area contributed by atoms with Crippen molar-refractivity contribution in [2.75, 3.05) is 19.8 Å². The van der Waals surface area contributed by atoms with Crippen molar-refractivity contribution < 1.29 is 19.2 Å². The summed E-state index contributed by atoms with van der Waals surface area (Å²) in [7, 11) is 0. The Bertz CT molecular complexity index is 1130. The average Bonchev–Trinajstić information content (AvgIpc) is 3.22. The highest BCUT2D eigenvalue weighted by atomic mass is 35.5. The van der Waals surface area contributed by atoms with E-state index >= 15 is 0 Å². The second-order valence-corrected chi connectivity index (χ2v) is 7.86. The van der Waals surface area contributed by atoms with Gasteiger partial charge in [-0.2, -0.15) is 0 Å². The Morgan fingerprint density at radius 2 is 1.83 bits per heavy atom. The van der Waals surface area contributed by atoms with E-state index in [1.54, 1.807) is 24.3 Å². The van der Waals surface area contributed by atoms with Crippen molar-refractivity contribution in [2.45, 2.75) is 6.04 Å². The van der Waals surface area contributed by atoms with Gasteiger partial charge in [0.2, 0.25) is 0 Å². The van der Waals surface area contributed by atoms with Gasteiger partial charge in [-0.1, -0.05) is 41.9 Å². The van der Waals surface area contributed by atoms with Crippen LogP contribution in [0.3, 0.4) is 0 Å². The minimum atomic E-state index is -0.339. The number of carbonyl (C=O) groups is 2. The largest absolute Gasteiger partial charge is 0.493 e. The summed E-state index contributed by atoms with van der Waals surface area (Å²) < 4.78 is 5.94. The van der Waals surface area contributed by atoms with E-state index in [9.17, 15) is 9.59 Å². The molecule has 3 aromatic carbocycles. The molecule has 0 spiro atoms. The smallest absolute Gasteiger partial charge is 0.266 e. The van der Waals surface area contributed by atoms with Crippen LogP contribution in [0.5, 0.6) is 5.75 Å². The summed E-state index contributed by atoms with van der Waals surface area (Å²) >= 11 is 5.86. The Balaban J connectivity index is 1.38. The maximum Gasteiger partial charge on any atom is 0.266 e. The van der Waals surface area contributed by atoms with Gasteiger partial charge in [0.1, 0.15) is 5.75 Å². The number of carbonyl (C=O) groups excluding carboxylic acids is 2. The molecule has 1 N–H and O–H groups in total. The van der Waals surface area contributed by atoms with Gasteiger partial charge in [0.25, 0.3) is 11.8 Å². The number of halogens is 1. The van der Waals surface area contributed by atoms with Crippen LogP contribution >= 0.6 is 11.6 Å². The van der Waals surface area contributed by atoms with Crippen LogP contribution in [0.4, 0.5) is 0 Å². The number of fused-ring (bicyclic) bond motifs is 5. The number of hydrogen-bond donors (Lipinski definition) is 1. The van der Waals surface area contributed by atoms with Gasteiger partial charge in [0.05, 0.1) is 25.8 Å². The van der Waals surface area contributed by atoms with Crippen molar-refractivity contribution in [2.24, 2.45) is 5.92 Å². The zero-order chi connectivity index (χ0) is 20.7. The van der Waals surface area contributed by atoms with E-state index in [4.69, 9.17) is 21.2 Å². The summed E-state index contributed by atoms with van der Waals surface area (Å²) in [5, 5.41) is 6.74. The van der Waals surface area contributed by atoms with E-state index < -0.39 is 0 Å². The molecule has 7 heteroatoms. The SMILES string of the molecule is O=C(NCC(=O)N1OC[C@H]2COc3ccc4ccccc4c3[C@H]21)c1ccc(Cl)cc1. The molecule has 2 aliphatic heterocycles. The molecule has 2 heterocycles. The maximum absolute atomic E-state index is 13.0. The lowest BCUT2D eigenvalue weighted by Gasteiger charge is -2.32. The molecule has 6 nitrogen and oxygen atoms in total. The fourth-order valence-corrected chi connectivity index (χ4v) is 4.22. The third-order valence-electron chi connectivity index (χ3n) is 5.56. The van der Waals surface area contributed by atoms with Crippen molar-refractivity contribution in [3.8, 4) is 5.75 Å². The average molecular weight is 423 g/mol. The molecule has 0 aromatic heterocycles. The molecule has 0 unspecified atom stereocenters. The minimum Gasteiger partial charge on any atom is -0.493 e. The predicted octanol–water partition coefficient (Wildman–Crippen LogP) is 3.75. The number of hydrogen-bond acceptors (Lipinski definition) is 4. The molecule has 0 saturated carbocycles. The monoisotopic (exact) mass is 422 g/mol. The summed E-state index contributed by atoms with van der Waals surface area (Å²) in [6, 6.07) is 18.2. The van der Waals surface area contributed by atoms with Crippen LogP contribution in [0.2, 0.25) is 5.02 Å². The highest BCUT2D eigenvalue weighted by Crippen LogP contribution is 2.46. The maximum atomic E-state index is 13.0. The molecular weight excluding hydrogens is 404 g/mol. The fraction of sp³-hybridized carbons (Fsp3) is 0.217. The molecule has 5 rings (SSSR count). The molecule has 3 aromatic rings. The van der Waals surface area contributed by atoms with Crippen LogP contribution in [0.1, 0.15) is 22.0 Å². The van der Waals surface area contributed by atoms with E-state index in [0.717, 1.165) is 22.1 Å². The third kappa shape index (κ3) is 3.28. The van der Waals surface area contributed by atoms with E-state index in [0.29, 0.717) is 23.8 Å². The number of benzene rings is 3. The Hall–Kier alpha value is -3.09. The van der Waals surface area contributed by atoms with Crippen molar-refractivity contribution >= 4 is 34.2 Å². The van der Waals surface area contributed by atoms with Gasteiger partial charge in [-0.3, -0.25) is 14.4 Å². The molecule has 0 radical (unpaired) electrons. The zero-order valence-corrected chi connectivity index (χ0v) is 16.8. The molecule has 2 atom stereocenters. The first kappa shape index (κ1) is 18.9. The Morgan fingerprint density at radius 1 is 1.03 bits per heavy atom. The van der Waals surface area contributed by atoms with Crippen LogP contribution in [-0.2, 0) is 9.63 Å². The minimum absolute atomic E-state index is 0.0409. The van der Waals surface area contributed by atoms with Crippen LogP contribution in [-0.4, -0.2) is 36.6 Å². The Kier molecular flexibility index (Phi) is 4.81. The lowest BCUT2D eigenvalue weighted by atomic mass is 9.88. The quantitative estimate of drug-likeness (QED) is 0.698. The first-order chi connectivity index (χ1) is 14.6. The van der Waals surface area contributed by atoms with Gasteiger partial charge in [-0.05, 0) is 41.1 Å². The van der Waals surface area contributed by atoms with Crippen LogP contribution in [0.15, 0.2) is 60.7 Å². The first-order valence-electron chi connectivity index (χ1n) is 9.75. The van der Waals surface area contributed by atoms with E-state index in [2.05, 4.69) is 5.32 Å². The normalized spacial score (nSPS) is 19.7. The standard InChI is InChI=1S/C23H19ClN2O4/c24-17-8-5-15(6-9-17)23(28)25-11-20(27)26-22-16(13-30-26)12-29-19-10-7-14-3-1-2-4-18(14)21(19)22/h1-10,16,22H,11-13H2,(H,25,28)/t16-,22+/m1/s1. The van der Waals surface area contributed by atoms with Gasteiger partial charge >= 0.3 is 0 Å². The molecule has 1 saturated heterocycles. The van der Waals surface area contributed by atoms with Crippen molar-refractivity contribution in [3.05, 3.63) is 76.8 Å².